The van der Waals surface area contributed by atoms with Gasteiger partial charge in [0.1, 0.15) is 8.37 Å². The second-order valence-electron chi connectivity index (χ2n) is 5.94. The lowest BCUT2D eigenvalue weighted by Crippen LogP contribution is -2.39. The SMILES string of the molecule is CCC(CNP1N(C)CCCN1C)=NC(C)(C)C. The van der Waals surface area contributed by atoms with Crippen LogP contribution in [0.3, 0.4) is 0 Å². The molecule has 0 bridgehead atoms. The molecular formula is C13H29N4P. The zero-order valence-electron chi connectivity index (χ0n) is 12.8. The first-order valence-electron chi connectivity index (χ1n) is 6.87. The zero-order valence-corrected chi connectivity index (χ0v) is 13.7. The third-order valence-electron chi connectivity index (χ3n) is 2.94. The highest BCUT2D eigenvalue weighted by atomic mass is 31.1. The monoisotopic (exact) mass is 272 g/mol. The van der Waals surface area contributed by atoms with Gasteiger partial charge in [-0.25, -0.2) is 0 Å². The van der Waals surface area contributed by atoms with E-state index in [1.807, 2.05) is 0 Å². The Labute approximate surface area is 114 Å². The van der Waals surface area contributed by atoms with Crippen molar-refractivity contribution in [2.75, 3.05) is 33.7 Å². The minimum atomic E-state index is -0.338. The van der Waals surface area contributed by atoms with Gasteiger partial charge in [0.2, 0.25) is 0 Å². The van der Waals surface area contributed by atoms with Gasteiger partial charge < -0.3 is 0 Å². The molecule has 1 N–H and O–H groups in total. The first-order valence-corrected chi connectivity index (χ1v) is 8.11. The van der Waals surface area contributed by atoms with Crippen molar-refractivity contribution < 1.29 is 0 Å². The van der Waals surface area contributed by atoms with Crippen LogP contribution >= 0.6 is 8.37 Å². The Balaban J connectivity index is 2.54. The van der Waals surface area contributed by atoms with Gasteiger partial charge in [-0.1, -0.05) is 6.92 Å². The third kappa shape index (κ3) is 5.31. The molecule has 0 aromatic heterocycles. The summed E-state index contributed by atoms with van der Waals surface area (Å²) in [6, 6.07) is 0. The smallest absolute Gasteiger partial charge is 0.117 e. The summed E-state index contributed by atoms with van der Waals surface area (Å²) in [5.74, 6) is 0. The molecule has 0 spiro atoms. The lowest BCUT2D eigenvalue weighted by atomic mass is 10.1. The van der Waals surface area contributed by atoms with Crippen molar-refractivity contribution in [1.82, 2.24) is 14.4 Å². The van der Waals surface area contributed by atoms with Crippen molar-refractivity contribution in [2.45, 2.75) is 46.1 Å². The molecule has 1 fully saturated rings. The maximum atomic E-state index is 4.79. The second-order valence-corrected chi connectivity index (χ2v) is 8.20. The summed E-state index contributed by atoms with van der Waals surface area (Å²) in [6.07, 6.45) is 2.30. The van der Waals surface area contributed by atoms with Crippen LogP contribution < -0.4 is 5.09 Å². The highest BCUT2D eigenvalue weighted by Crippen LogP contribution is 2.40. The summed E-state index contributed by atoms with van der Waals surface area (Å²) in [5.41, 5.74) is 1.31. The molecule has 0 radical (unpaired) electrons. The highest BCUT2D eigenvalue weighted by molar-refractivity contribution is 7.50. The molecule has 1 aliphatic heterocycles. The molecule has 0 aromatic rings. The van der Waals surface area contributed by atoms with Crippen LogP contribution in [0.5, 0.6) is 0 Å². The molecule has 18 heavy (non-hydrogen) atoms. The highest BCUT2D eigenvalue weighted by Gasteiger charge is 2.24. The Morgan fingerprint density at radius 3 is 2.22 bits per heavy atom. The van der Waals surface area contributed by atoms with Crippen LogP contribution in [0.4, 0.5) is 0 Å². The van der Waals surface area contributed by atoms with Crippen molar-refractivity contribution in [2.24, 2.45) is 4.99 Å². The Hall–Kier alpha value is -0.0200. The van der Waals surface area contributed by atoms with Crippen LogP contribution in [-0.2, 0) is 0 Å². The van der Waals surface area contributed by atoms with Gasteiger partial charge in [-0.05, 0) is 47.7 Å². The molecule has 1 aliphatic rings. The summed E-state index contributed by atoms with van der Waals surface area (Å²) in [7, 11) is 4.08. The number of nitrogens with one attached hydrogen (secondary N) is 1. The number of nitrogens with zero attached hydrogens (tertiary/aromatic N) is 3. The van der Waals surface area contributed by atoms with Crippen LogP contribution in [0.2, 0.25) is 0 Å². The zero-order chi connectivity index (χ0) is 13.8. The predicted octanol–water partition coefficient (Wildman–Crippen LogP) is 2.72. The van der Waals surface area contributed by atoms with E-state index < -0.39 is 0 Å². The van der Waals surface area contributed by atoms with E-state index in [0.29, 0.717) is 0 Å². The molecule has 0 aromatic carbocycles. The fraction of sp³-hybridized carbons (Fsp3) is 0.923. The van der Waals surface area contributed by atoms with Crippen LogP contribution in [0.15, 0.2) is 4.99 Å². The van der Waals surface area contributed by atoms with Gasteiger partial charge in [-0.3, -0.25) is 19.4 Å². The molecule has 1 heterocycles. The number of hydrogen-bond donors (Lipinski definition) is 1. The van der Waals surface area contributed by atoms with Crippen LogP contribution in [0, 0.1) is 0 Å². The van der Waals surface area contributed by atoms with Crippen molar-refractivity contribution >= 4 is 14.1 Å². The molecular weight excluding hydrogens is 243 g/mol. The van der Waals surface area contributed by atoms with Crippen LogP contribution in [0.1, 0.15) is 40.5 Å². The maximum Gasteiger partial charge on any atom is 0.117 e. The van der Waals surface area contributed by atoms with E-state index in [9.17, 15) is 0 Å². The summed E-state index contributed by atoms with van der Waals surface area (Å²) in [5, 5.41) is 3.68. The van der Waals surface area contributed by atoms with E-state index in [1.54, 1.807) is 0 Å². The Morgan fingerprint density at radius 1 is 1.22 bits per heavy atom. The summed E-state index contributed by atoms with van der Waals surface area (Å²) in [6.45, 7) is 12.0. The van der Waals surface area contributed by atoms with E-state index in [4.69, 9.17) is 4.99 Å². The topological polar surface area (TPSA) is 30.9 Å². The summed E-state index contributed by atoms with van der Waals surface area (Å²) in [4.78, 5) is 4.79. The average Bonchev–Trinajstić information content (AvgIpc) is 2.25. The molecule has 1 rings (SSSR count). The molecule has 0 amide bonds. The van der Waals surface area contributed by atoms with Gasteiger partial charge in [0, 0.05) is 25.3 Å². The standard InChI is InChI=1S/C13H29N4P/c1-7-12(15-13(2,3)4)11-14-18-16(5)9-8-10-17(18)6/h14H,7-11H2,1-6H3. The van der Waals surface area contributed by atoms with E-state index in [2.05, 4.69) is 56.2 Å². The van der Waals surface area contributed by atoms with E-state index in [0.717, 1.165) is 13.0 Å². The average molecular weight is 272 g/mol. The van der Waals surface area contributed by atoms with E-state index >= 15 is 0 Å². The molecule has 1 saturated heterocycles. The van der Waals surface area contributed by atoms with Gasteiger partial charge in [0.25, 0.3) is 0 Å². The minimum Gasteiger partial charge on any atom is -0.287 e. The molecule has 4 nitrogen and oxygen atoms in total. The van der Waals surface area contributed by atoms with Crippen LogP contribution in [0.25, 0.3) is 0 Å². The van der Waals surface area contributed by atoms with Gasteiger partial charge in [0.15, 0.2) is 0 Å². The first-order chi connectivity index (χ1) is 8.33. The Kier molecular flexibility index (Phi) is 6.19. The summed E-state index contributed by atoms with van der Waals surface area (Å²) >= 11 is 0. The van der Waals surface area contributed by atoms with Gasteiger partial charge >= 0.3 is 0 Å². The number of aliphatic imine (C=N–C) groups is 1. The van der Waals surface area contributed by atoms with Crippen LogP contribution in [-0.4, -0.2) is 54.3 Å². The molecule has 0 saturated carbocycles. The van der Waals surface area contributed by atoms with Gasteiger partial charge in [0.05, 0.1) is 5.54 Å². The molecule has 0 aliphatic carbocycles. The molecule has 106 valence electrons. The van der Waals surface area contributed by atoms with Crippen molar-refractivity contribution in [3.8, 4) is 0 Å². The molecule has 5 heteroatoms. The third-order valence-corrected chi connectivity index (χ3v) is 5.07. The largest absolute Gasteiger partial charge is 0.287 e. The lowest BCUT2D eigenvalue weighted by Gasteiger charge is -2.39. The first kappa shape index (κ1) is 16.0. The fourth-order valence-electron chi connectivity index (χ4n) is 2.10. The number of rotatable bonds is 4. The lowest BCUT2D eigenvalue weighted by molar-refractivity contribution is 0.377. The fourth-order valence-corrected chi connectivity index (χ4v) is 4.09. The van der Waals surface area contributed by atoms with Gasteiger partial charge in [-0.15, -0.1) is 0 Å². The summed E-state index contributed by atoms with van der Waals surface area (Å²) < 4.78 is 4.87. The van der Waals surface area contributed by atoms with Crippen molar-refractivity contribution in [3.05, 3.63) is 0 Å². The number of hydrogen-bond acceptors (Lipinski definition) is 4. The minimum absolute atomic E-state index is 0.0324. The predicted molar refractivity (Wildman–Crippen MR) is 82.3 cm³/mol. The Bertz CT molecular complexity index is 275. The Morgan fingerprint density at radius 2 is 1.78 bits per heavy atom. The van der Waals surface area contributed by atoms with Crippen molar-refractivity contribution in [3.63, 3.8) is 0 Å². The maximum absolute atomic E-state index is 4.79. The van der Waals surface area contributed by atoms with E-state index in [1.165, 1.54) is 25.2 Å². The normalized spacial score (nSPS) is 21.6. The van der Waals surface area contributed by atoms with Gasteiger partial charge in [-0.2, -0.15) is 0 Å². The quantitative estimate of drug-likeness (QED) is 0.630. The second kappa shape index (κ2) is 6.95. The molecule has 0 atom stereocenters. The van der Waals surface area contributed by atoms with E-state index in [-0.39, 0.29) is 13.9 Å². The molecule has 0 unspecified atom stereocenters. The van der Waals surface area contributed by atoms with Crippen molar-refractivity contribution in [1.29, 1.82) is 0 Å².